The summed E-state index contributed by atoms with van der Waals surface area (Å²) in [5.41, 5.74) is 1.24. The number of halogens is 1. The number of para-hydroxylation sites is 1. The molecule has 1 aromatic carbocycles. The predicted octanol–water partition coefficient (Wildman–Crippen LogP) is 3.04. The molecule has 0 radical (unpaired) electrons. The molecule has 19 heavy (non-hydrogen) atoms. The fourth-order valence-electron chi connectivity index (χ4n) is 1.58. The van der Waals surface area contributed by atoms with Gasteiger partial charge < -0.3 is 15.2 Å². The van der Waals surface area contributed by atoms with Crippen molar-refractivity contribution in [1.82, 2.24) is 5.32 Å². The lowest BCUT2D eigenvalue weighted by Crippen LogP contribution is -2.31. The monoisotopic (exact) mass is 341 g/mol. The Balaban J connectivity index is 1.67. The fraction of sp³-hybridized carbons (Fsp3) is 0.286. The van der Waals surface area contributed by atoms with Gasteiger partial charge in [-0.05, 0) is 50.5 Å². The number of hydrogen-bond acceptors (Lipinski definition) is 4. The minimum absolute atomic E-state index is 0.277. The average molecular weight is 342 g/mol. The first kappa shape index (κ1) is 14.5. The molecular weight excluding hydrogens is 326 g/mol. The molecule has 0 aliphatic heterocycles. The smallest absolute Gasteiger partial charge is 0.133 e. The van der Waals surface area contributed by atoms with Crippen LogP contribution in [0.4, 0.5) is 0 Å². The third kappa shape index (κ3) is 4.95. The maximum Gasteiger partial charge on any atom is 0.133 e. The van der Waals surface area contributed by atoms with Crippen molar-refractivity contribution < 1.29 is 9.84 Å². The molecule has 5 heteroatoms. The summed E-state index contributed by atoms with van der Waals surface area (Å²) in [7, 11) is 0. The summed E-state index contributed by atoms with van der Waals surface area (Å²) in [5.74, 6) is 0.749. The van der Waals surface area contributed by atoms with Crippen molar-refractivity contribution in [3.05, 3.63) is 51.1 Å². The van der Waals surface area contributed by atoms with E-state index in [1.807, 2.05) is 29.6 Å². The molecule has 1 aromatic heterocycles. The summed E-state index contributed by atoms with van der Waals surface area (Å²) in [6.45, 7) is 1.56. The van der Waals surface area contributed by atoms with Crippen LogP contribution < -0.4 is 10.1 Å². The molecule has 1 unspecified atom stereocenters. The van der Waals surface area contributed by atoms with Crippen LogP contribution in [0.3, 0.4) is 0 Å². The van der Waals surface area contributed by atoms with E-state index in [0.717, 1.165) is 16.8 Å². The van der Waals surface area contributed by atoms with Crippen molar-refractivity contribution in [3.63, 3.8) is 0 Å². The van der Waals surface area contributed by atoms with E-state index in [-0.39, 0.29) is 6.61 Å². The van der Waals surface area contributed by atoms with Crippen LogP contribution in [-0.4, -0.2) is 24.4 Å². The second-order valence-electron chi connectivity index (χ2n) is 4.16. The molecule has 0 amide bonds. The van der Waals surface area contributed by atoms with Crippen molar-refractivity contribution in [3.8, 4) is 5.75 Å². The second kappa shape index (κ2) is 7.65. The number of nitrogens with one attached hydrogen (secondary N) is 1. The number of aliphatic hydroxyl groups is 1. The molecule has 2 N–H and O–H groups in total. The SMILES string of the molecule is OC(CNCc1ccsc1)COc1ccccc1Br. The third-order valence-corrected chi connectivity index (χ3v) is 3.94. The maximum absolute atomic E-state index is 9.83. The Morgan fingerprint density at radius 1 is 1.32 bits per heavy atom. The average Bonchev–Trinajstić information content (AvgIpc) is 2.91. The van der Waals surface area contributed by atoms with Crippen molar-refractivity contribution in [2.45, 2.75) is 12.6 Å². The predicted molar refractivity (Wildman–Crippen MR) is 81.7 cm³/mol. The molecule has 102 valence electrons. The first-order chi connectivity index (χ1) is 9.25. The van der Waals surface area contributed by atoms with Crippen LogP contribution in [0.2, 0.25) is 0 Å². The second-order valence-corrected chi connectivity index (χ2v) is 5.79. The highest BCUT2D eigenvalue weighted by atomic mass is 79.9. The molecule has 0 saturated heterocycles. The largest absolute Gasteiger partial charge is 0.490 e. The normalized spacial score (nSPS) is 12.3. The van der Waals surface area contributed by atoms with Crippen LogP contribution in [0.1, 0.15) is 5.56 Å². The summed E-state index contributed by atoms with van der Waals surface area (Å²) in [6.07, 6.45) is -0.522. The summed E-state index contributed by atoms with van der Waals surface area (Å²) in [4.78, 5) is 0. The van der Waals surface area contributed by atoms with E-state index in [2.05, 4.69) is 32.7 Å². The molecule has 1 heterocycles. The van der Waals surface area contributed by atoms with Gasteiger partial charge in [0.05, 0.1) is 4.47 Å². The van der Waals surface area contributed by atoms with Crippen molar-refractivity contribution >= 4 is 27.3 Å². The summed E-state index contributed by atoms with van der Waals surface area (Å²) >= 11 is 5.08. The molecule has 0 bridgehead atoms. The number of rotatable bonds is 7. The fourth-order valence-corrected chi connectivity index (χ4v) is 2.65. The number of aliphatic hydroxyl groups excluding tert-OH is 1. The van der Waals surface area contributed by atoms with Gasteiger partial charge in [0.25, 0.3) is 0 Å². The van der Waals surface area contributed by atoms with E-state index in [1.54, 1.807) is 11.3 Å². The van der Waals surface area contributed by atoms with E-state index in [4.69, 9.17) is 4.74 Å². The minimum Gasteiger partial charge on any atom is -0.490 e. The lowest BCUT2D eigenvalue weighted by atomic mass is 10.3. The first-order valence-electron chi connectivity index (χ1n) is 6.03. The van der Waals surface area contributed by atoms with Crippen LogP contribution in [0, 0.1) is 0 Å². The van der Waals surface area contributed by atoms with Crippen LogP contribution in [0.5, 0.6) is 5.75 Å². The highest BCUT2D eigenvalue weighted by Gasteiger charge is 2.06. The molecule has 2 rings (SSSR count). The zero-order valence-electron chi connectivity index (χ0n) is 10.4. The third-order valence-electron chi connectivity index (χ3n) is 2.56. The lowest BCUT2D eigenvalue weighted by Gasteiger charge is -2.13. The quantitative estimate of drug-likeness (QED) is 0.813. The van der Waals surface area contributed by atoms with Gasteiger partial charge in [-0.25, -0.2) is 0 Å². The Bertz CT molecular complexity index is 490. The van der Waals surface area contributed by atoms with Gasteiger partial charge in [0.2, 0.25) is 0 Å². The first-order valence-corrected chi connectivity index (χ1v) is 7.76. The zero-order chi connectivity index (χ0) is 13.5. The van der Waals surface area contributed by atoms with Crippen LogP contribution >= 0.6 is 27.3 Å². The molecule has 0 saturated carbocycles. The zero-order valence-corrected chi connectivity index (χ0v) is 12.8. The molecule has 0 fully saturated rings. The van der Waals surface area contributed by atoms with Crippen LogP contribution in [0.25, 0.3) is 0 Å². The van der Waals surface area contributed by atoms with Gasteiger partial charge in [-0.2, -0.15) is 11.3 Å². The number of benzene rings is 1. The van der Waals surface area contributed by atoms with Crippen molar-refractivity contribution in [2.24, 2.45) is 0 Å². The van der Waals surface area contributed by atoms with E-state index in [1.165, 1.54) is 5.56 Å². The molecule has 2 aromatic rings. The molecule has 1 atom stereocenters. The Kier molecular flexibility index (Phi) is 5.85. The number of ether oxygens (including phenoxy) is 1. The maximum atomic E-state index is 9.83. The summed E-state index contributed by atoms with van der Waals surface area (Å²) < 4.78 is 6.45. The van der Waals surface area contributed by atoms with Crippen LogP contribution in [0.15, 0.2) is 45.6 Å². The van der Waals surface area contributed by atoms with Crippen molar-refractivity contribution in [1.29, 1.82) is 0 Å². The van der Waals surface area contributed by atoms with Gasteiger partial charge in [0, 0.05) is 13.1 Å². The standard InChI is InChI=1S/C14H16BrNO2S/c15-13-3-1-2-4-14(13)18-9-12(17)8-16-7-11-5-6-19-10-11/h1-6,10,12,16-17H,7-9H2. The number of thiophene rings is 1. The topological polar surface area (TPSA) is 41.5 Å². The molecule has 0 spiro atoms. The van der Waals surface area contributed by atoms with Gasteiger partial charge in [-0.15, -0.1) is 0 Å². The van der Waals surface area contributed by atoms with Gasteiger partial charge in [0.15, 0.2) is 0 Å². The summed E-state index contributed by atoms with van der Waals surface area (Å²) in [5, 5.41) is 17.2. The molecule has 0 aliphatic carbocycles. The minimum atomic E-state index is -0.522. The van der Waals surface area contributed by atoms with E-state index >= 15 is 0 Å². The lowest BCUT2D eigenvalue weighted by molar-refractivity contribution is 0.106. The molecular formula is C14H16BrNO2S. The Hall–Kier alpha value is -0.880. The van der Waals surface area contributed by atoms with Gasteiger partial charge in [-0.3, -0.25) is 0 Å². The summed E-state index contributed by atoms with van der Waals surface area (Å²) in [6, 6.07) is 9.69. The number of hydrogen-bond donors (Lipinski definition) is 2. The van der Waals surface area contributed by atoms with Gasteiger partial charge in [-0.1, -0.05) is 12.1 Å². The van der Waals surface area contributed by atoms with Gasteiger partial charge in [0.1, 0.15) is 18.5 Å². The molecule has 0 aliphatic rings. The highest BCUT2D eigenvalue weighted by Crippen LogP contribution is 2.23. The Labute approximate surface area is 125 Å². The van der Waals surface area contributed by atoms with E-state index in [9.17, 15) is 5.11 Å². The highest BCUT2D eigenvalue weighted by molar-refractivity contribution is 9.10. The van der Waals surface area contributed by atoms with Gasteiger partial charge >= 0.3 is 0 Å². The Morgan fingerprint density at radius 3 is 2.89 bits per heavy atom. The van der Waals surface area contributed by atoms with E-state index in [0.29, 0.717) is 6.54 Å². The van der Waals surface area contributed by atoms with Crippen molar-refractivity contribution in [2.75, 3.05) is 13.2 Å². The molecule has 3 nitrogen and oxygen atoms in total. The Morgan fingerprint density at radius 2 is 2.16 bits per heavy atom. The van der Waals surface area contributed by atoms with Crippen LogP contribution in [-0.2, 0) is 6.54 Å². The van der Waals surface area contributed by atoms with E-state index < -0.39 is 6.10 Å².